The minimum absolute atomic E-state index is 0.213. The van der Waals surface area contributed by atoms with Crippen LogP contribution in [0.25, 0.3) is 0 Å². The summed E-state index contributed by atoms with van der Waals surface area (Å²) in [6, 6.07) is 16.2. The predicted molar refractivity (Wildman–Crippen MR) is 133 cm³/mol. The number of aromatic nitrogens is 1. The SMILES string of the molecule is CCN(CC)CCCc1c(Nc2cccc(C(=O)Nc3ccncc3)c2)cccc1C(N)=O. The molecule has 0 fully saturated rings. The lowest BCUT2D eigenvalue weighted by Crippen LogP contribution is -2.24. The van der Waals surface area contributed by atoms with Gasteiger partial charge in [0.1, 0.15) is 0 Å². The summed E-state index contributed by atoms with van der Waals surface area (Å²) in [5.41, 5.74) is 9.84. The Labute approximate surface area is 195 Å². The molecule has 1 aromatic heterocycles. The number of nitrogens with one attached hydrogen (secondary N) is 2. The van der Waals surface area contributed by atoms with Crippen LogP contribution in [0.15, 0.2) is 67.0 Å². The highest BCUT2D eigenvalue weighted by Crippen LogP contribution is 2.26. The summed E-state index contributed by atoms with van der Waals surface area (Å²) >= 11 is 0. The molecule has 0 radical (unpaired) electrons. The zero-order valence-corrected chi connectivity index (χ0v) is 19.2. The van der Waals surface area contributed by atoms with E-state index in [-0.39, 0.29) is 5.91 Å². The van der Waals surface area contributed by atoms with Gasteiger partial charge in [-0.2, -0.15) is 0 Å². The molecule has 0 bridgehead atoms. The van der Waals surface area contributed by atoms with Crippen molar-refractivity contribution in [3.8, 4) is 0 Å². The average molecular weight is 446 g/mol. The summed E-state index contributed by atoms with van der Waals surface area (Å²) < 4.78 is 0. The maximum Gasteiger partial charge on any atom is 0.255 e. The van der Waals surface area contributed by atoms with Crippen molar-refractivity contribution in [2.75, 3.05) is 30.3 Å². The highest BCUT2D eigenvalue weighted by atomic mass is 16.2. The van der Waals surface area contributed by atoms with E-state index in [0.717, 1.165) is 49.4 Å². The van der Waals surface area contributed by atoms with E-state index in [1.165, 1.54) is 0 Å². The fraction of sp³-hybridized carbons (Fsp3) is 0.269. The van der Waals surface area contributed by atoms with Gasteiger partial charge in [-0.05, 0) is 80.5 Å². The fourth-order valence-corrected chi connectivity index (χ4v) is 3.76. The molecule has 4 N–H and O–H groups in total. The number of anilines is 3. The van der Waals surface area contributed by atoms with Gasteiger partial charge in [0.15, 0.2) is 0 Å². The van der Waals surface area contributed by atoms with Crippen LogP contribution < -0.4 is 16.4 Å². The summed E-state index contributed by atoms with van der Waals surface area (Å²) in [5.74, 6) is -0.655. The summed E-state index contributed by atoms with van der Waals surface area (Å²) in [6.07, 6.45) is 4.89. The Bertz CT molecular complexity index is 1080. The number of nitrogens with zero attached hydrogens (tertiary/aromatic N) is 2. The summed E-state index contributed by atoms with van der Waals surface area (Å²) in [7, 11) is 0. The fourth-order valence-electron chi connectivity index (χ4n) is 3.76. The second-order valence-corrected chi connectivity index (χ2v) is 7.72. The van der Waals surface area contributed by atoms with Gasteiger partial charge in [0, 0.05) is 40.6 Å². The first-order valence-electron chi connectivity index (χ1n) is 11.2. The maximum atomic E-state index is 12.7. The van der Waals surface area contributed by atoms with Crippen LogP contribution in [-0.2, 0) is 6.42 Å². The van der Waals surface area contributed by atoms with Crippen molar-refractivity contribution in [3.05, 3.63) is 83.7 Å². The second kappa shape index (κ2) is 11.8. The van der Waals surface area contributed by atoms with Gasteiger partial charge in [-0.3, -0.25) is 14.6 Å². The highest BCUT2D eigenvalue weighted by Gasteiger charge is 2.14. The third-order valence-electron chi connectivity index (χ3n) is 5.58. The molecule has 2 aromatic carbocycles. The number of benzene rings is 2. The molecule has 3 rings (SSSR count). The van der Waals surface area contributed by atoms with E-state index in [9.17, 15) is 9.59 Å². The normalized spacial score (nSPS) is 10.8. The van der Waals surface area contributed by atoms with E-state index >= 15 is 0 Å². The number of hydrogen-bond acceptors (Lipinski definition) is 5. The molecule has 0 atom stereocenters. The van der Waals surface area contributed by atoms with Crippen LogP contribution >= 0.6 is 0 Å². The number of hydrogen-bond donors (Lipinski definition) is 3. The molecule has 0 saturated carbocycles. The van der Waals surface area contributed by atoms with E-state index in [2.05, 4.69) is 34.4 Å². The molecule has 0 aliphatic heterocycles. The van der Waals surface area contributed by atoms with Crippen molar-refractivity contribution in [2.45, 2.75) is 26.7 Å². The Morgan fingerprint density at radius 3 is 2.39 bits per heavy atom. The topological polar surface area (TPSA) is 100 Å². The lowest BCUT2D eigenvalue weighted by atomic mass is 9.99. The molecule has 0 spiro atoms. The van der Waals surface area contributed by atoms with Gasteiger partial charge in [0.25, 0.3) is 5.91 Å². The third-order valence-corrected chi connectivity index (χ3v) is 5.58. The number of carbonyl (C=O) groups is 2. The van der Waals surface area contributed by atoms with Crippen LogP contribution in [-0.4, -0.2) is 41.3 Å². The smallest absolute Gasteiger partial charge is 0.255 e. The van der Waals surface area contributed by atoms with Crippen LogP contribution in [0.4, 0.5) is 17.1 Å². The number of primary amides is 1. The van der Waals surface area contributed by atoms with Crippen molar-refractivity contribution < 1.29 is 9.59 Å². The van der Waals surface area contributed by atoms with Crippen molar-refractivity contribution in [2.24, 2.45) is 5.73 Å². The summed E-state index contributed by atoms with van der Waals surface area (Å²) in [5, 5.41) is 6.24. The van der Waals surface area contributed by atoms with Gasteiger partial charge in [-0.15, -0.1) is 0 Å². The van der Waals surface area contributed by atoms with Crippen molar-refractivity contribution in [3.63, 3.8) is 0 Å². The lowest BCUT2D eigenvalue weighted by molar-refractivity contribution is 0.0996. The van der Waals surface area contributed by atoms with Gasteiger partial charge in [-0.1, -0.05) is 26.0 Å². The molecule has 1 heterocycles. The maximum absolute atomic E-state index is 12.7. The lowest BCUT2D eigenvalue weighted by Gasteiger charge is -2.19. The molecule has 7 nitrogen and oxygen atoms in total. The van der Waals surface area contributed by atoms with Crippen LogP contribution in [0.1, 0.15) is 46.5 Å². The quantitative estimate of drug-likeness (QED) is 0.405. The zero-order chi connectivity index (χ0) is 23.6. The Morgan fingerprint density at radius 2 is 1.70 bits per heavy atom. The molecule has 0 aliphatic rings. The standard InChI is InChI=1S/C26H31N5O2/c1-3-31(4-2)17-7-11-22-23(25(27)32)10-6-12-24(22)29-21-9-5-8-19(18-21)26(33)30-20-13-15-28-16-14-20/h5-6,8-10,12-16,18,29H,3-4,7,11,17H2,1-2H3,(H2,27,32)(H,28,30,33). The first-order valence-corrected chi connectivity index (χ1v) is 11.2. The molecule has 2 amide bonds. The minimum Gasteiger partial charge on any atom is -0.366 e. The second-order valence-electron chi connectivity index (χ2n) is 7.72. The number of rotatable bonds is 11. The van der Waals surface area contributed by atoms with E-state index in [0.29, 0.717) is 16.8 Å². The first kappa shape index (κ1) is 23.9. The number of amides is 2. The molecule has 0 unspecified atom stereocenters. The van der Waals surface area contributed by atoms with Gasteiger partial charge >= 0.3 is 0 Å². The molecular weight excluding hydrogens is 414 g/mol. The Hall–Kier alpha value is -3.71. The molecular formula is C26H31N5O2. The molecule has 0 saturated heterocycles. The molecule has 33 heavy (non-hydrogen) atoms. The van der Waals surface area contributed by atoms with Crippen molar-refractivity contribution in [1.82, 2.24) is 9.88 Å². The Morgan fingerprint density at radius 1 is 0.970 bits per heavy atom. The van der Waals surface area contributed by atoms with Gasteiger partial charge in [-0.25, -0.2) is 0 Å². The van der Waals surface area contributed by atoms with E-state index < -0.39 is 5.91 Å². The zero-order valence-electron chi connectivity index (χ0n) is 19.2. The predicted octanol–water partition coefficient (Wildman–Crippen LogP) is 4.45. The first-order chi connectivity index (χ1) is 16.0. The van der Waals surface area contributed by atoms with Crippen molar-refractivity contribution >= 4 is 28.9 Å². The summed E-state index contributed by atoms with van der Waals surface area (Å²) in [6.45, 7) is 7.22. The summed E-state index contributed by atoms with van der Waals surface area (Å²) in [4.78, 5) is 31.1. The monoisotopic (exact) mass is 445 g/mol. The molecule has 0 aliphatic carbocycles. The minimum atomic E-state index is -0.443. The van der Waals surface area contributed by atoms with E-state index in [1.807, 2.05) is 24.3 Å². The highest BCUT2D eigenvalue weighted by molar-refractivity contribution is 6.05. The van der Waals surface area contributed by atoms with Crippen molar-refractivity contribution in [1.29, 1.82) is 0 Å². The van der Waals surface area contributed by atoms with Gasteiger partial charge in [0.2, 0.25) is 5.91 Å². The van der Waals surface area contributed by atoms with Crippen LogP contribution in [0.5, 0.6) is 0 Å². The average Bonchev–Trinajstić information content (AvgIpc) is 2.83. The Balaban J connectivity index is 1.79. The number of carbonyl (C=O) groups excluding carboxylic acids is 2. The van der Waals surface area contributed by atoms with Gasteiger partial charge in [0.05, 0.1) is 0 Å². The molecule has 7 heteroatoms. The van der Waals surface area contributed by atoms with Crippen LogP contribution in [0.2, 0.25) is 0 Å². The van der Waals surface area contributed by atoms with E-state index in [1.54, 1.807) is 42.7 Å². The molecule has 172 valence electrons. The van der Waals surface area contributed by atoms with Crippen LogP contribution in [0.3, 0.4) is 0 Å². The largest absolute Gasteiger partial charge is 0.366 e. The van der Waals surface area contributed by atoms with Crippen LogP contribution in [0, 0.1) is 0 Å². The number of nitrogens with two attached hydrogens (primary N) is 1. The van der Waals surface area contributed by atoms with E-state index in [4.69, 9.17) is 5.73 Å². The van der Waals surface area contributed by atoms with Gasteiger partial charge < -0.3 is 21.3 Å². The number of pyridine rings is 1. The Kier molecular flexibility index (Phi) is 8.55. The third kappa shape index (κ3) is 6.63. The molecule has 3 aromatic rings.